The maximum Gasteiger partial charge on any atom is 0.220 e. The summed E-state index contributed by atoms with van der Waals surface area (Å²) in [6.07, 6.45) is 2.11. The number of anilines is 1. The van der Waals surface area contributed by atoms with Gasteiger partial charge in [-0.3, -0.25) is 4.79 Å². The van der Waals surface area contributed by atoms with E-state index in [9.17, 15) is 4.79 Å². The summed E-state index contributed by atoms with van der Waals surface area (Å²) < 4.78 is 0. The van der Waals surface area contributed by atoms with Crippen LogP contribution in [0.4, 0.5) is 5.82 Å². The van der Waals surface area contributed by atoms with E-state index in [2.05, 4.69) is 20.6 Å². The number of carbonyl (C=O) groups excluding carboxylic acids is 1. The molecule has 6 heteroatoms. The maximum atomic E-state index is 11.0. The fourth-order valence-electron chi connectivity index (χ4n) is 1.76. The lowest BCUT2D eigenvalue weighted by Crippen LogP contribution is -2.42. The van der Waals surface area contributed by atoms with Crippen molar-refractivity contribution in [1.29, 1.82) is 0 Å². The van der Waals surface area contributed by atoms with Gasteiger partial charge in [-0.25, -0.2) is 9.97 Å². The lowest BCUT2D eigenvalue weighted by molar-refractivity contribution is -0.122. The zero-order chi connectivity index (χ0) is 12.3. The second-order valence-electron chi connectivity index (χ2n) is 4.03. The Kier molecular flexibility index (Phi) is 3.78. The topological polar surface area (TPSA) is 66.9 Å². The Morgan fingerprint density at radius 2 is 2.41 bits per heavy atom. The zero-order valence-corrected chi connectivity index (χ0v) is 10.4. The van der Waals surface area contributed by atoms with Gasteiger partial charge in [0.15, 0.2) is 0 Å². The number of aryl methyl sites for hydroxylation is 1. The van der Waals surface area contributed by atoms with Gasteiger partial charge < -0.3 is 10.6 Å². The predicted octanol–water partition coefficient (Wildman–Crippen LogP) is 1.38. The fraction of sp³-hybridized carbons (Fsp3) is 0.545. The summed E-state index contributed by atoms with van der Waals surface area (Å²) in [7, 11) is 0. The third kappa shape index (κ3) is 3.30. The van der Waals surface area contributed by atoms with Crippen LogP contribution in [0.2, 0.25) is 5.15 Å². The molecular formula is C11H15ClN4O. The molecule has 0 aromatic carbocycles. The van der Waals surface area contributed by atoms with Crippen molar-refractivity contribution in [3.63, 3.8) is 0 Å². The number of hydrogen-bond donors (Lipinski definition) is 2. The van der Waals surface area contributed by atoms with Gasteiger partial charge in [0.25, 0.3) is 0 Å². The number of piperidine rings is 1. The Hall–Kier alpha value is -1.36. The molecule has 1 unspecified atom stereocenters. The van der Waals surface area contributed by atoms with E-state index in [-0.39, 0.29) is 11.9 Å². The lowest BCUT2D eigenvalue weighted by atomic mass is 10.1. The first kappa shape index (κ1) is 12.1. The number of hydrogen-bond acceptors (Lipinski definition) is 4. The summed E-state index contributed by atoms with van der Waals surface area (Å²) >= 11 is 5.91. The largest absolute Gasteiger partial charge is 0.365 e. The van der Waals surface area contributed by atoms with Gasteiger partial charge >= 0.3 is 0 Å². The van der Waals surface area contributed by atoms with E-state index in [0.29, 0.717) is 18.1 Å². The van der Waals surface area contributed by atoms with Crippen molar-refractivity contribution >= 4 is 23.3 Å². The highest BCUT2D eigenvalue weighted by atomic mass is 35.5. The lowest BCUT2D eigenvalue weighted by Gasteiger charge is -2.24. The van der Waals surface area contributed by atoms with Gasteiger partial charge in [-0.2, -0.15) is 0 Å². The van der Waals surface area contributed by atoms with Gasteiger partial charge in [-0.05, 0) is 6.42 Å². The predicted molar refractivity (Wildman–Crippen MR) is 66.1 cm³/mol. The standard InChI is InChI=1S/C11H15ClN4O/c1-2-9-15-8(12)5-10(16-9)14-7-3-4-11(17)13-6-7/h5,7H,2-4,6H2,1H3,(H,13,17)(H,14,15,16). The Morgan fingerprint density at radius 1 is 1.59 bits per heavy atom. The minimum atomic E-state index is 0.109. The Balaban J connectivity index is 2.02. The maximum absolute atomic E-state index is 11.0. The molecule has 0 bridgehead atoms. The molecule has 0 saturated carbocycles. The first-order valence-electron chi connectivity index (χ1n) is 5.74. The Labute approximate surface area is 105 Å². The molecule has 0 radical (unpaired) electrons. The second-order valence-corrected chi connectivity index (χ2v) is 4.42. The number of amides is 1. The molecule has 5 nitrogen and oxygen atoms in total. The van der Waals surface area contributed by atoms with Crippen molar-refractivity contribution in [3.05, 3.63) is 17.0 Å². The molecule has 1 fully saturated rings. The molecule has 1 saturated heterocycles. The summed E-state index contributed by atoms with van der Waals surface area (Å²) in [6, 6.07) is 1.92. The van der Waals surface area contributed by atoms with Crippen LogP contribution in [0, 0.1) is 0 Å². The van der Waals surface area contributed by atoms with E-state index in [1.165, 1.54) is 0 Å². The van der Waals surface area contributed by atoms with Gasteiger partial charge in [0.05, 0.1) is 0 Å². The highest BCUT2D eigenvalue weighted by Crippen LogP contribution is 2.15. The molecule has 0 spiro atoms. The highest BCUT2D eigenvalue weighted by Gasteiger charge is 2.18. The summed E-state index contributed by atoms with van der Waals surface area (Å²) in [5.41, 5.74) is 0. The normalized spacial score (nSPS) is 19.9. The van der Waals surface area contributed by atoms with Crippen LogP contribution in [0.5, 0.6) is 0 Å². The van der Waals surface area contributed by atoms with Gasteiger partial charge in [-0.1, -0.05) is 18.5 Å². The van der Waals surface area contributed by atoms with Crippen LogP contribution in [0.3, 0.4) is 0 Å². The van der Waals surface area contributed by atoms with E-state index < -0.39 is 0 Å². The van der Waals surface area contributed by atoms with Crippen LogP contribution in [-0.2, 0) is 11.2 Å². The number of halogens is 1. The van der Waals surface area contributed by atoms with Gasteiger partial charge in [0.1, 0.15) is 16.8 Å². The van der Waals surface area contributed by atoms with E-state index in [0.717, 1.165) is 24.5 Å². The van der Waals surface area contributed by atoms with Crippen LogP contribution in [0.15, 0.2) is 6.07 Å². The van der Waals surface area contributed by atoms with Crippen LogP contribution in [-0.4, -0.2) is 28.5 Å². The van der Waals surface area contributed by atoms with E-state index in [1.54, 1.807) is 6.07 Å². The summed E-state index contributed by atoms with van der Waals surface area (Å²) in [4.78, 5) is 19.5. The zero-order valence-electron chi connectivity index (χ0n) is 9.66. The third-order valence-electron chi connectivity index (χ3n) is 2.67. The number of nitrogens with one attached hydrogen (secondary N) is 2. The van der Waals surface area contributed by atoms with E-state index in [1.807, 2.05) is 6.92 Å². The van der Waals surface area contributed by atoms with Crippen LogP contribution >= 0.6 is 11.6 Å². The molecule has 1 atom stereocenters. The average molecular weight is 255 g/mol. The molecule has 0 aliphatic carbocycles. The summed E-state index contributed by atoms with van der Waals surface area (Å²) in [5, 5.41) is 6.53. The van der Waals surface area contributed by atoms with Crippen molar-refractivity contribution < 1.29 is 4.79 Å². The van der Waals surface area contributed by atoms with Gasteiger partial charge in [0, 0.05) is 31.5 Å². The minimum absolute atomic E-state index is 0.109. The molecule has 92 valence electrons. The molecule has 1 aromatic rings. The van der Waals surface area contributed by atoms with Crippen LogP contribution in [0.1, 0.15) is 25.6 Å². The van der Waals surface area contributed by atoms with Crippen LogP contribution < -0.4 is 10.6 Å². The SMILES string of the molecule is CCc1nc(Cl)cc(NC2CCC(=O)NC2)n1. The van der Waals surface area contributed by atoms with E-state index in [4.69, 9.17) is 11.6 Å². The van der Waals surface area contributed by atoms with Crippen molar-refractivity contribution in [2.75, 3.05) is 11.9 Å². The van der Waals surface area contributed by atoms with Crippen LogP contribution in [0.25, 0.3) is 0 Å². The third-order valence-corrected chi connectivity index (χ3v) is 2.87. The summed E-state index contributed by atoms with van der Waals surface area (Å²) in [5.74, 6) is 1.56. The van der Waals surface area contributed by atoms with Crippen molar-refractivity contribution in [2.45, 2.75) is 32.2 Å². The average Bonchev–Trinajstić information content (AvgIpc) is 2.31. The molecule has 1 amide bonds. The highest BCUT2D eigenvalue weighted by molar-refractivity contribution is 6.29. The molecule has 1 aliphatic rings. The molecule has 1 aliphatic heterocycles. The minimum Gasteiger partial charge on any atom is -0.365 e. The molecule has 17 heavy (non-hydrogen) atoms. The first-order valence-corrected chi connectivity index (χ1v) is 6.12. The first-order chi connectivity index (χ1) is 8.17. The van der Waals surface area contributed by atoms with Gasteiger partial charge in [0.2, 0.25) is 5.91 Å². The molecular weight excluding hydrogens is 240 g/mol. The summed E-state index contributed by atoms with van der Waals surface area (Å²) in [6.45, 7) is 2.61. The Morgan fingerprint density at radius 3 is 3.06 bits per heavy atom. The van der Waals surface area contributed by atoms with E-state index >= 15 is 0 Å². The Bertz CT molecular complexity index is 414. The number of nitrogens with zero attached hydrogens (tertiary/aromatic N) is 2. The molecule has 2 N–H and O–H groups in total. The molecule has 2 rings (SSSR count). The number of aromatic nitrogens is 2. The molecule has 1 aromatic heterocycles. The monoisotopic (exact) mass is 254 g/mol. The molecule has 2 heterocycles. The van der Waals surface area contributed by atoms with Crippen molar-refractivity contribution in [3.8, 4) is 0 Å². The van der Waals surface area contributed by atoms with Gasteiger partial charge in [-0.15, -0.1) is 0 Å². The van der Waals surface area contributed by atoms with Crippen molar-refractivity contribution in [2.24, 2.45) is 0 Å². The van der Waals surface area contributed by atoms with Crippen molar-refractivity contribution in [1.82, 2.24) is 15.3 Å². The quantitative estimate of drug-likeness (QED) is 0.800. The number of rotatable bonds is 3. The number of carbonyl (C=O) groups is 1. The smallest absolute Gasteiger partial charge is 0.220 e. The fourth-order valence-corrected chi connectivity index (χ4v) is 1.96. The second kappa shape index (κ2) is 5.31.